The highest BCUT2D eigenvalue weighted by Crippen LogP contribution is 2.31. The van der Waals surface area contributed by atoms with E-state index >= 15 is 0 Å². The number of allylic oxidation sites excluding steroid dienone is 1. The van der Waals surface area contributed by atoms with Gasteiger partial charge in [-0.2, -0.15) is 0 Å². The lowest BCUT2D eigenvalue weighted by molar-refractivity contribution is -0.133. The summed E-state index contributed by atoms with van der Waals surface area (Å²) in [6, 6.07) is 0. The second-order valence-corrected chi connectivity index (χ2v) is 5.55. The quantitative estimate of drug-likeness (QED) is 0.748. The van der Waals surface area contributed by atoms with E-state index in [4.69, 9.17) is 0 Å². The topological polar surface area (TPSA) is 43.8 Å². The Bertz CT molecular complexity index is 292. The van der Waals surface area contributed by atoms with Crippen LogP contribution in [0.3, 0.4) is 0 Å². The number of carbonyl (C=O) groups is 1. The van der Waals surface area contributed by atoms with Crippen molar-refractivity contribution in [2.24, 2.45) is 5.41 Å². The van der Waals surface area contributed by atoms with Crippen LogP contribution >= 0.6 is 0 Å². The summed E-state index contributed by atoms with van der Waals surface area (Å²) in [5.74, 6) is 0.199. The first-order valence-electron chi connectivity index (χ1n) is 6.67. The van der Waals surface area contributed by atoms with Crippen molar-refractivity contribution in [1.29, 1.82) is 0 Å². The third kappa shape index (κ3) is 4.10. The van der Waals surface area contributed by atoms with Crippen LogP contribution in [0.1, 0.15) is 26.2 Å². The van der Waals surface area contributed by atoms with E-state index in [9.17, 15) is 9.90 Å². The molecule has 4 nitrogen and oxygen atoms in total. The van der Waals surface area contributed by atoms with Crippen LogP contribution in [0.15, 0.2) is 12.2 Å². The minimum atomic E-state index is -0.0269. The molecule has 1 heterocycles. The van der Waals surface area contributed by atoms with Crippen molar-refractivity contribution in [1.82, 2.24) is 9.80 Å². The Morgan fingerprint density at radius 3 is 2.44 bits per heavy atom. The zero-order valence-corrected chi connectivity index (χ0v) is 11.9. The number of likely N-dealkylation sites (tertiary alicyclic amines) is 1. The van der Waals surface area contributed by atoms with Gasteiger partial charge in [-0.1, -0.05) is 12.2 Å². The molecule has 1 rings (SSSR count). The van der Waals surface area contributed by atoms with Crippen molar-refractivity contribution in [3.8, 4) is 0 Å². The average Bonchev–Trinajstić information content (AvgIpc) is 2.36. The first kappa shape index (κ1) is 15.2. The molecule has 0 radical (unpaired) electrons. The maximum atomic E-state index is 11.9. The largest absolute Gasteiger partial charge is 0.396 e. The van der Waals surface area contributed by atoms with Gasteiger partial charge in [-0.25, -0.2) is 0 Å². The summed E-state index contributed by atoms with van der Waals surface area (Å²) < 4.78 is 0. The van der Waals surface area contributed by atoms with Crippen molar-refractivity contribution < 1.29 is 9.90 Å². The number of piperidine rings is 1. The lowest BCUT2D eigenvalue weighted by atomic mass is 9.78. The fourth-order valence-corrected chi connectivity index (χ4v) is 2.62. The molecule has 4 heteroatoms. The van der Waals surface area contributed by atoms with E-state index in [0.717, 1.165) is 32.5 Å². The monoisotopic (exact) mass is 254 g/mol. The summed E-state index contributed by atoms with van der Waals surface area (Å²) in [6.45, 7) is 4.56. The van der Waals surface area contributed by atoms with Gasteiger partial charge in [0.25, 0.3) is 0 Å². The number of hydrogen-bond donors (Lipinski definition) is 1. The van der Waals surface area contributed by atoms with E-state index in [1.165, 1.54) is 0 Å². The fourth-order valence-electron chi connectivity index (χ4n) is 2.62. The van der Waals surface area contributed by atoms with Crippen LogP contribution in [-0.2, 0) is 4.79 Å². The van der Waals surface area contributed by atoms with Gasteiger partial charge >= 0.3 is 0 Å². The maximum absolute atomic E-state index is 11.9. The second-order valence-electron chi connectivity index (χ2n) is 5.55. The van der Waals surface area contributed by atoms with Crippen LogP contribution < -0.4 is 0 Å². The Balaban J connectivity index is 2.50. The Morgan fingerprint density at radius 1 is 1.39 bits per heavy atom. The van der Waals surface area contributed by atoms with Gasteiger partial charge in [0.15, 0.2) is 0 Å². The highest BCUT2D eigenvalue weighted by Gasteiger charge is 2.35. The van der Waals surface area contributed by atoms with E-state index in [1.54, 1.807) is 0 Å². The molecule has 1 aliphatic heterocycles. The molecule has 0 aromatic rings. The van der Waals surface area contributed by atoms with Crippen molar-refractivity contribution in [3.05, 3.63) is 12.2 Å². The SMILES string of the molecule is CC=CCC(=O)N1CCC(CO)(CN(C)C)CC1. The van der Waals surface area contributed by atoms with Crippen LogP contribution in [0.4, 0.5) is 0 Å². The van der Waals surface area contributed by atoms with E-state index in [-0.39, 0.29) is 17.9 Å². The predicted octanol–water partition coefficient (Wildman–Crippen LogP) is 1.12. The molecule has 0 aliphatic carbocycles. The second kappa shape index (κ2) is 6.90. The number of carbonyl (C=O) groups excluding carboxylic acids is 1. The number of aliphatic hydroxyl groups is 1. The van der Waals surface area contributed by atoms with E-state index in [2.05, 4.69) is 4.90 Å². The molecule has 0 unspecified atom stereocenters. The van der Waals surface area contributed by atoms with Crippen LogP contribution in [-0.4, -0.2) is 61.2 Å². The van der Waals surface area contributed by atoms with Crippen LogP contribution in [0.5, 0.6) is 0 Å². The van der Waals surface area contributed by atoms with Gasteiger partial charge in [-0.15, -0.1) is 0 Å². The smallest absolute Gasteiger partial charge is 0.226 e. The van der Waals surface area contributed by atoms with Gasteiger partial charge in [0.1, 0.15) is 0 Å². The van der Waals surface area contributed by atoms with Gasteiger partial charge in [-0.05, 0) is 33.9 Å². The molecule has 18 heavy (non-hydrogen) atoms. The van der Waals surface area contributed by atoms with Gasteiger partial charge in [0.2, 0.25) is 5.91 Å². The summed E-state index contributed by atoms with van der Waals surface area (Å²) in [7, 11) is 4.06. The number of nitrogens with zero attached hydrogens (tertiary/aromatic N) is 2. The number of aliphatic hydroxyl groups excluding tert-OH is 1. The van der Waals surface area contributed by atoms with Gasteiger partial charge < -0.3 is 14.9 Å². The zero-order chi connectivity index (χ0) is 13.6. The molecule has 1 amide bonds. The molecule has 1 saturated heterocycles. The average molecular weight is 254 g/mol. The summed E-state index contributed by atoms with van der Waals surface area (Å²) in [6.07, 6.45) is 6.09. The first-order valence-corrected chi connectivity index (χ1v) is 6.67. The third-order valence-corrected chi connectivity index (χ3v) is 3.69. The van der Waals surface area contributed by atoms with Gasteiger partial charge in [0, 0.05) is 31.5 Å². The third-order valence-electron chi connectivity index (χ3n) is 3.69. The predicted molar refractivity (Wildman–Crippen MR) is 73.3 cm³/mol. The van der Waals surface area contributed by atoms with Crippen molar-refractivity contribution in [2.75, 3.05) is 40.3 Å². The number of hydrogen-bond acceptors (Lipinski definition) is 3. The lowest BCUT2D eigenvalue weighted by Gasteiger charge is -2.42. The molecule has 1 fully saturated rings. The van der Waals surface area contributed by atoms with Gasteiger partial charge in [0.05, 0.1) is 6.61 Å². The summed E-state index contributed by atoms with van der Waals surface area (Å²) in [5, 5.41) is 9.62. The fraction of sp³-hybridized carbons (Fsp3) is 0.786. The molecule has 0 aromatic heterocycles. The molecule has 0 saturated carbocycles. The molecular formula is C14H26N2O2. The zero-order valence-electron chi connectivity index (χ0n) is 11.9. The molecule has 0 bridgehead atoms. The maximum Gasteiger partial charge on any atom is 0.226 e. The van der Waals surface area contributed by atoms with Crippen molar-refractivity contribution >= 4 is 5.91 Å². The summed E-state index contributed by atoms with van der Waals surface area (Å²) in [5.41, 5.74) is -0.0269. The standard InChI is InChI=1S/C14H26N2O2/c1-4-5-6-13(18)16-9-7-14(12-17,8-10-16)11-15(2)3/h4-5,17H,6-12H2,1-3H3. The van der Waals surface area contributed by atoms with E-state index in [0.29, 0.717) is 6.42 Å². The Kier molecular flexibility index (Phi) is 5.82. The molecule has 1 aliphatic rings. The van der Waals surface area contributed by atoms with Crippen molar-refractivity contribution in [3.63, 3.8) is 0 Å². The highest BCUT2D eigenvalue weighted by molar-refractivity contribution is 5.77. The van der Waals surface area contributed by atoms with Gasteiger partial charge in [-0.3, -0.25) is 4.79 Å². The molecule has 0 aromatic carbocycles. The van der Waals surface area contributed by atoms with E-state index in [1.807, 2.05) is 38.1 Å². The molecular weight excluding hydrogens is 228 g/mol. The van der Waals surface area contributed by atoms with Crippen LogP contribution in [0, 0.1) is 5.41 Å². The highest BCUT2D eigenvalue weighted by atomic mass is 16.3. The molecule has 104 valence electrons. The number of amides is 1. The lowest BCUT2D eigenvalue weighted by Crippen LogP contribution is -2.48. The Hall–Kier alpha value is -0.870. The van der Waals surface area contributed by atoms with Crippen LogP contribution in [0.25, 0.3) is 0 Å². The molecule has 0 atom stereocenters. The molecule has 1 N–H and O–H groups in total. The van der Waals surface area contributed by atoms with E-state index < -0.39 is 0 Å². The van der Waals surface area contributed by atoms with Crippen LogP contribution in [0.2, 0.25) is 0 Å². The normalized spacial score (nSPS) is 19.7. The minimum Gasteiger partial charge on any atom is -0.396 e. The Labute approximate surface area is 110 Å². The van der Waals surface area contributed by atoms with Crippen molar-refractivity contribution in [2.45, 2.75) is 26.2 Å². The summed E-state index contributed by atoms with van der Waals surface area (Å²) in [4.78, 5) is 15.9. The Morgan fingerprint density at radius 2 is 2.00 bits per heavy atom. The minimum absolute atomic E-state index is 0.0269. The first-order chi connectivity index (χ1) is 8.53. The summed E-state index contributed by atoms with van der Waals surface area (Å²) >= 11 is 0. The number of rotatable bonds is 5. The molecule has 0 spiro atoms.